The van der Waals surface area contributed by atoms with Gasteiger partial charge in [-0.1, -0.05) is 17.2 Å². The van der Waals surface area contributed by atoms with E-state index in [9.17, 15) is 9.18 Å². The topological polar surface area (TPSA) is 87.1 Å². The van der Waals surface area contributed by atoms with E-state index in [1.165, 1.54) is 31.4 Å². The molecule has 0 aliphatic rings. The standard InChI is InChI=1S/C11H13FN4O2/c1-18-11(17)10(14-6-7-15-16-13)8-2-4-9(12)5-3-8/h2-5,10,14H,6-7H2,1H3. The molecule has 0 aliphatic heterocycles. The molecule has 1 aromatic carbocycles. The van der Waals surface area contributed by atoms with Crippen LogP contribution in [-0.2, 0) is 9.53 Å². The average Bonchev–Trinajstić information content (AvgIpc) is 2.39. The zero-order chi connectivity index (χ0) is 13.4. The van der Waals surface area contributed by atoms with E-state index in [2.05, 4.69) is 20.1 Å². The maximum atomic E-state index is 12.8. The van der Waals surface area contributed by atoms with Crippen LogP contribution in [0, 0.1) is 5.82 Å². The summed E-state index contributed by atoms with van der Waals surface area (Å²) in [6.07, 6.45) is 0. The Kier molecular flexibility index (Phi) is 5.63. The lowest BCUT2D eigenvalue weighted by Gasteiger charge is -2.16. The average molecular weight is 252 g/mol. The van der Waals surface area contributed by atoms with Crippen LogP contribution in [0.3, 0.4) is 0 Å². The fourth-order valence-corrected chi connectivity index (χ4v) is 1.41. The van der Waals surface area contributed by atoms with E-state index in [4.69, 9.17) is 5.53 Å². The molecule has 1 atom stereocenters. The van der Waals surface area contributed by atoms with Gasteiger partial charge in [0.1, 0.15) is 11.9 Å². The van der Waals surface area contributed by atoms with Gasteiger partial charge < -0.3 is 10.1 Å². The van der Waals surface area contributed by atoms with E-state index in [1.54, 1.807) is 0 Å². The number of benzene rings is 1. The number of rotatable bonds is 6. The number of azide groups is 1. The van der Waals surface area contributed by atoms with Gasteiger partial charge in [0.25, 0.3) is 0 Å². The highest BCUT2D eigenvalue weighted by Gasteiger charge is 2.20. The Bertz CT molecular complexity index is 443. The summed E-state index contributed by atoms with van der Waals surface area (Å²) in [7, 11) is 1.27. The molecule has 0 heterocycles. The van der Waals surface area contributed by atoms with Crippen molar-refractivity contribution < 1.29 is 13.9 Å². The van der Waals surface area contributed by atoms with Gasteiger partial charge in [0.2, 0.25) is 0 Å². The van der Waals surface area contributed by atoms with Crippen LogP contribution in [0.25, 0.3) is 10.4 Å². The summed E-state index contributed by atoms with van der Waals surface area (Å²) in [6.45, 7) is 0.534. The Morgan fingerprint density at radius 3 is 2.78 bits per heavy atom. The molecule has 0 saturated carbocycles. The van der Waals surface area contributed by atoms with E-state index in [-0.39, 0.29) is 12.4 Å². The third-order valence-corrected chi connectivity index (χ3v) is 2.26. The number of carbonyl (C=O) groups excluding carboxylic acids is 1. The summed E-state index contributed by atoms with van der Waals surface area (Å²) in [4.78, 5) is 14.2. The lowest BCUT2D eigenvalue weighted by atomic mass is 10.1. The minimum atomic E-state index is -0.704. The normalized spacial score (nSPS) is 11.4. The highest BCUT2D eigenvalue weighted by molar-refractivity contribution is 5.77. The van der Waals surface area contributed by atoms with Crippen molar-refractivity contribution in [3.05, 3.63) is 46.1 Å². The second kappa shape index (κ2) is 7.26. The maximum Gasteiger partial charge on any atom is 0.327 e. The summed E-state index contributed by atoms with van der Waals surface area (Å²) in [5.41, 5.74) is 8.72. The van der Waals surface area contributed by atoms with E-state index in [0.717, 1.165) is 0 Å². The van der Waals surface area contributed by atoms with Crippen molar-refractivity contribution in [3.8, 4) is 0 Å². The van der Waals surface area contributed by atoms with Crippen LogP contribution in [0.5, 0.6) is 0 Å². The van der Waals surface area contributed by atoms with Crippen molar-refractivity contribution >= 4 is 5.97 Å². The molecular formula is C11H13FN4O2. The SMILES string of the molecule is COC(=O)C(NCCN=[N+]=[N-])c1ccc(F)cc1. The molecule has 6 nitrogen and oxygen atoms in total. The van der Waals surface area contributed by atoms with E-state index >= 15 is 0 Å². The van der Waals surface area contributed by atoms with Gasteiger partial charge in [-0.2, -0.15) is 0 Å². The Balaban J connectivity index is 2.74. The molecule has 0 aliphatic carbocycles. The van der Waals surface area contributed by atoms with Crippen molar-refractivity contribution in [1.29, 1.82) is 0 Å². The fourth-order valence-electron chi connectivity index (χ4n) is 1.41. The number of nitrogens with one attached hydrogen (secondary N) is 1. The summed E-state index contributed by atoms with van der Waals surface area (Å²) in [5.74, 6) is -0.862. The Morgan fingerprint density at radius 2 is 2.22 bits per heavy atom. The van der Waals surface area contributed by atoms with Crippen LogP contribution < -0.4 is 5.32 Å². The Labute approximate surface area is 103 Å². The van der Waals surface area contributed by atoms with Gasteiger partial charge in [-0.05, 0) is 23.2 Å². The minimum absolute atomic E-state index is 0.213. The largest absolute Gasteiger partial charge is 0.468 e. The van der Waals surface area contributed by atoms with Gasteiger partial charge in [-0.3, -0.25) is 0 Å². The van der Waals surface area contributed by atoms with Crippen LogP contribution in [0.15, 0.2) is 29.4 Å². The first-order valence-corrected chi connectivity index (χ1v) is 5.26. The summed E-state index contributed by atoms with van der Waals surface area (Å²) in [6, 6.07) is 4.82. The third kappa shape index (κ3) is 4.04. The van der Waals surface area contributed by atoms with Crippen LogP contribution >= 0.6 is 0 Å². The number of hydrogen-bond donors (Lipinski definition) is 1. The first-order chi connectivity index (χ1) is 8.69. The Morgan fingerprint density at radius 1 is 1.56 bits per heavy atom. The molecule has 1 unspecified atom stereocenters. The van der Waals surface area contributed by atoms with Crippen molar-refractivity contribution in [2.75, 3.05) is 20.2 Å². The zero-order valence-electron chi connectivity index (χ0n) is 9.84. The van der Waals surface area contributed by atoms with Crippen LogP contribution in [-0.4, -0.2) is 26.2 Å². The lowest BCUT2D eigenvalue weighted by Crippen LogP contribution is -2.31. The van der Waals surface area contributed by atoms with Gasteiger partial charge >= 0.3 is 5.97 Å². The molecule has 1 N–H and O–H groups in total. The molecule has 96 valence electrons. The fraction of sp³-hybridized carbons (Fsp3) is 0.364. The van der Waals surface area contributed by atoms with Crippen molar-refractivity contribution in [1.82, 2.24) is 5.32 Å². The maximum absolute atomic E-state index is 12.8. The second-order valence-corrected chi connectivity index (χ2v) is 3.42. The predicted molar refractivity (Wildman–Crippen MR) is 63.2 cm³/mol. The number of halogens is 1. The van der Waals surface area contributed by atoms with Crippen molar-refractivity contribution in [3.63, 3.8) is 0 Å². The van der Waals surface area contributed by atoms with Gasteiger partial charge in [0.15, 0.2) is 0 Å². The molecule has 0 saturated heterocycles. The number of nitrogens with zero attached hydrogens (tertiary/aromatic N) is 3. The second-order valence-electron chi connectivity index (χ2n) is 3.42. The van der Waals surface area contributed by atoms with Crippen molar-refractivity contribution in [2.24, 2.45) is 5.11 Å². The molecule has 0 amide bonds. The van der Waals surface area contributed by atoms with Gasteiger partial charge in [0, 0.05) is 18.0 Å². The molecule has 0 fully saturated rings. The monoisotopic (exact) mass is 252 g/mol. The smallest absolute Gasteiger partial charge is 0.327 e. The zero-order valence-corrected chi connectivity index (χ0v) is 9.84. The first kappa shape index (κ1) is 14.0. The number of methoxy groups -OCH3 is 1. The third-order valence-electron chi connectivity index (χ3n) is 2.26. The molecule has 18 heavy (non-hydrogen) atoms. The van der Waals surface area contributed by atoms with Gasteiger partial charge in [0.05, 0.1) is 7.11 Å². The summed E-state index contributed by atoms with van der Waals surface area (Å²) in [5, 5.41) is 6.22. The molecule has 0 bridgehead atoms. The van der Waals surface area contributed by atoms with E-state index in [1.807, 2.05) is 0 Å². The Hall–Kier alpha value is -2.11. The van der Waals surface area contributed by atoms with Gasteiger partial charge in [-0.15, -0.1) is 0 Å². The number of esters is 1. The van der Waals surface area contributed by atoms with Crippen LogP contribution in [0.2, 0.25) is 0 Å². The predicted octanol–water partition coefficient (Wildman–Crippen LogP) is 1.94. The molecule has 7 heteroatoms. The lowest BCUT2D eigenvalue weighted by molar-refractivity contribution is -0.143. The van der Waals surface area contributed by atoms with E-state index in [0.29, 0.717) is 12.1 Å². The quantitative estimate of drug-likeness (QED) is 0.276. The molecule has 0 spiro atoms. The van der Waals surface area contributed by atoms with Crippen LogP contribution in [0.1, 0.15) is 11.6 Å². The highest BCUT2D eigenvalue weighted by atomic mass is 19.1. The van der Waals surface area contributed by atoms with Crippen LogP contribution in [0.4, 0.5) is 4.39 Å². The first-order valence-electron chi connectivity index (χ1n) is 5.26. The highest BCUT2D eigenvalue weighted by Crippen LogP contribution is 2.14. The summed E-state index contributed by atoms with van der Waals surface area (Å²) < 4.78 is 17.4. The molecule has 1 rings (SSSR count). The summed E-state index contributed by atoms with van der Waals surface area (Å²) >= 11 is 0. The van der Waals surface area contributed by atoms with E-state index < -0.39 is 12.0 Å². The number of carbonyl (C=O) groups is 1. The van der Waals surface area contributed by atoms with Crippen molar-refractivity contribution in [2.45, 2.75) is 6.04 Å². The van der Waals surface area contributed by atoms with Gasteiger partial charge in [-0.25, -0.2) is 9.18 Å². The molecule has 0 radical (unpaired) electrons. The molecule has 0 aromatic heterocycles. The number of hydrogen-bond acceptors (Lipinski definition) is 4. The molecular weight excluding hydrogens is 239 g/mol. The minimum Gasteiger partial charge on any atom is -0.468 e. The number of ether oxygens (including phenoxy) is 1. The molecule has 1 aromatic rings.